The predicted octanol–water partition coefficient (Wildman–Crippen LogP) is 1.94. The first kappa shape index (κ1) is 14.2. The first-order valence-corrected chi connectivity index (χ1v) is 6.98. The summed E-state index contributed by atoms with van der Waals surface area (Å²) < 4.78 is 17.3. The largest absolute Gasteiger partial charge is 0.379 e. The molecule has 7 nitrogen and oxygen atoms in total. The zero-order valence-corrected chi connectivity index (χ0v) is 12.4. The highest BCUT2D eigenvalue weighted by Crippen LogP contribution is 2.19. The van der Waals surface area contributed by atoms with Gasteiger partial charge in [0.25, 0.3) is 0 Å². The third-order valence-electron chi connectivity index (χ3n) is 3.38. The number of nitrogens with one attached hydrogen (secondary N) is 1. The molecule has 1 N–H and O–H groups in total. The Hall–Kier alpha value is -2.77. The quantitative estimate of drug-likeness (QED) is 0.779. The lowest BCUT2D eigenvalue weighted by molar-refractivity contribution is 0.604. The molecule has 0 aliphatic carbocycles. The zero-order valence-electron chi connectivity index (χ0n) is 12.4. The Morgan fingerprint density at radius 2 is 2.14 bits per heavy atom. The lowest BCUT2D eigenvalue weighted by Gasteiger charge is -2.10. The average Bonchev–Trinajstić information content (AvgIpc) is 3.15. The van der Waals surface area contributed by atoms with Crippen LogP contribution in [0.1, 0.15) is 18.4 Å². The van der Waals surface area contributed by atoms with Crippen molar-refractivity contribution >= 4 is 5.69 Å². The molecule has 0 atom stereocenters. The summed E-state index contributed by atoms with van der Waals surface area (Å²) in [5, 5.41) is 18.6. The minimum atomic E-state index is -0.375. The van der Waals surface area contributed by atoms with Gasteiger partial charge < -0.3 is 5.32 Å². The van der Waals surface area contributed by atoms with Gasteiger partial charge in [-0.3, -0.25) is 4.68 Å². The number of nitrogens with zero attached hydrogens (tertiary/aromatic N) is 6. The molecule has 0 aliphatic heterocycles. The Bertz CT molecular complexity index is 777. The Kier molecular flexibility index (Phi) is 3.82. The summed E-state index contributed by atoms with van der Waals surface area (Å²) in [7, 11) is 0. The van der Waals surface area contributed by atoms with Gasteiger partial charge in [0.15, 0.2) is 5.82 Å². The van der Waals surface area contributed by atoms with Gasteiger partial charge in [0.1, 0.15) is 11.5 Å². The maximum Gasteiger partial charge on any atom is 0.153 e. The SMILES string of the molecule is CCn1nccc1CNc1ccc(F)c(-n2nnnc2C)c1. The summed E-state index contributed by atoms with van der Waals surface area (Å²) in [6.07, 6.45) is 1.76. The molecule has 2 heterocycles. The molecule has 0 saturated heterocycles. The second kappa shape index (κ2) is 5.92. The Morgan fingerprint density at radius 3 is 2.86 bits per heavy atom. The lowest BCUT2D eigenvalue weighted by atomic mass is 10.2. The fraction of sp³-hybridized carbons (Fsp3) is 0.286. The Balaban J connectivity index is 1.82. The van der Waals surface area contributed by atoms with Crippen molar-refractivity contribution in [2.24, 2.45) is 0 Å². The monoisotopic (exact) mass is 301 g/mol. The van der Waals surface area contributed by atoms with Crippen LogP contribution in [0.25, 0.3) is 5.69 Å². The summed E-state index contributed by atoms with van der Waals surface area (Å²) in [6.45, 7) is 5.17. The van der Waals surface area contributed by atoms with Crippen LogP contribution in [0.2, 0.25) is 0 Å². The molecule has 2 aromatic heterocycles. The van der Waals surface area contributed by atoms with Crippen molar-refractivity contribution in [2.45, 2.75) is 26.9 Å². The molecule has 0 saturated carbocycles. The van der Waals surface area contributed by atoms with Crippen molar-refractivity contribution in [1.82, 2.24) is 30.0 Å². The molecular formula is C14H16FN7. The summed E-state index contributed by atoms with van der Waals surface area (Å²) in [4.78, 5) is 0. The molecule has 0 unspecified atom stereocenters. The van der Waals surface area contributed by atoms with Gasteiger partial charge in [-0.05, 0) is 48.5 Å². The molecule has 114 valence electrons. The average molecular weight is 301 g/mol. The molecular weight excluding hydrogens is 285 g/mol. The Morgan fingerprint density at radius 1 is 1.27 bits per heavy atom. The van der Waals surface area contributed by atoms with Gasteiger partial charge in [-0.15, -0.1) is 5.10 Å². The van der Waals surface area contributed by atoms with E-state index in [0.29, 0.717) is 18.1 Å². The van der Waals surface area contributed by atoms with E-state index in [1.165, 1.54) is 10.7 Å². The van der Waals surface area contributed by atoms with E-state index in [1.807, 2.05) is 17.7 Å². The van der Waals surface area contributed by atoms with Gasteiger partial charge in [-0.25, -0.2) is 4.39 Å². The minimum absolute atomic E-state index is 0.316. The van der Waals surface area contributed by atoms with E-state index in [2.05, 4.69) is 25.9 Å². The van der Waals surface area contributed by atoms with E-state index in [9.17, 15) is 4.39 Å². The van der Waals surface area contributed by atoms with Crippen LogP contribution >= 0.6 is 0 Å². The standard InChI is InChI=1S/C14H16FN7/c1-3-21-12(6-7-17-21)9-16-11-4-5-13(15)14(8-11)22-10(2)18-19-20-22/h4-8,16H,3,9H2,1-2H3. The molecule has 0 radical (unpaired) electrons. The van der Waals surface area contributed by atoms with E-state index in [4.69, 9.17) is 0 Å². The highest BCUT2D eigenvalue weighted by molar-refractivity contribution is 5.51. The van der Waals surface area contributed by atoms with Gasteiger partial charge in [0, 0.05) is 18.4 Å². The lowest BCUT2D eigenvalue weighted by Crippen LogP contribution is -2.09. The molecule has 0 spiro atoms. The van der Waals surface area contributed by atoms with Gasteiger partial charge in [-0.2, -0.15) is 9.78 Å². The number of anilines is 1. The topological polar surface area (TPSA) is 73.5 Å². The fourth-order valence-electron chi connectivity index (χ4n) is 2.23. The van der Waals surface area contributed by atoms with E-state index < -0.39 is 0 Å². The third kappa shape index (κ3) is 2.67. The smallest absolute Gasteiger partial charge is 0.153 e. The van der Waals surface area contributed by atoms with E-state index in [-0.39, 0.29) is 5.82 Å². The normalized spacial score (nSPS) is 10.9. The van der Waals surface area contributed by atoms with E-state index in [1.54, 1.807) is 25.3 Å². The van der Waals surface area contributed by atoms with Crippen LogP contribution in [0.5, 0.6) is 0 Å². The maximum atomic E-state index is 14.0. The Labute approximate surface area is 126 Å². The van der Waals surface area contributed by atoms with Crippen LogP contribution in [0.4, 0.5) is 10.1 Å². The van der Waals surface area contributed by atoms with Crippen LogP contribution in [0.15, 0.2) is 30.5 Å². The van der Waals surface area contributed by atoms with Gasteiger partial charge >= 0.3 is 0 Å². The van der Waals surface area contributed by atoms with Crippen LogP contribution in [0, 0.1) is 12.7 Å². The third-order valence-corrected chi connectivity index (χ3v) is 3.38. The van der Waals surface area contributed by atoms with Crippen LogP contribution in [-0.2, 0) is 13.1 Å². The number of hydrogen-bond donors (Lipinski definition) is 1. The first-order valence-electron chi connectivity index (χ1n) is 6.98. The summed E-state index contributed by atoms with van der Waals surface area (Å²) in [6, 6.07) is 6.72. The van der Waals surface area contributed by atoms with Crippen molar-refractivity contribution in [1.29, 1.82) is 0 Å². The van der Waals surface area contributed by atoms with Crippen molar-refractivity contribution in [3.8, 4) is 5.69 Å². The number of halogens is 1. The maximum absolute atomic E-state index is 14.0. The number of hydrogen-bond acceptors (Lipinski definition) is 5. The van der Waals surface area contributed by atoms with Crippen molar-refractivity contribution < 1.29 is 4.39 Å². The molecule has 0 fully saturated rings. The minimum Gasteiger partial charge on any atom is -0.379 e. The summed E-state index contributed by atoms with van der Waals surface area (Å²) in [5.74, 6) is 0.152. The van der Waals surface area contributed by atoms with Crippen LogP contribution in [-0.4, -0.2) is 30.0 Å². The number of rotatable bonds is 5. The predicted molar refractivity (Wildman–Crippen MR) is 79.1 cm³/mol. The fourth-order valence-corrected chi connectivity index (χ4v) is 2.23. The van der Waals surface area contributed by atoms with Gasteiger partial charge in [0.05, 0.1) is 12.2 Å². The second-order valence-electron chi connectivity index (χ2n) is 4.80. The molecule has 3 aromatic rings. The first-order chi connectivity index (χ1) is 10.7. The molecule has 1 aromatic carbocycles. The van der Waals surface area contributed by atoms with Crippen molar-refractivity contribution in [2.75, 3.05) is 5.32 Å². The number of benzene rings is 1. The molecule has 22 heavy (non-hydrogen) atoms. The van der Waals surface area contributed by atoms with Gasteiger partial charge in [-0.1, -0.05) is 0 Å². The molecule has 0 bridgehead atoms. The van der Waals surface area contributed by atoms with Crippen molar-refractivity contribution in [3.05, 3.63) is 47.8 Å². The number of aryl methyl sites for hydroxylation is 2. The number of tetrazole rings is 1. The van der Waals surface area contributed by atoms with Crippen LogP contribution < -0.4 is 5.32 Å². The summed E-state index contributed by atoms with van der Waals surface area (Å²) >= 11 is 0. The van der Waals surface area contributed by atoms with Gasteiger partial charge in [0.2, 0.25) is 0 Å². The second-order valence-corrected chi connectivity index (χ2v) is 4.80. The highest BCUT2D eigenvalue weighted by Gasteiger charge is 2.10. The van der Waals surface area contributed by atoms with Crippen LogP contribution in [0.3, 0.4) is 0 Å². The molecule has 3 rings (SSSR count). The molecule has 0 aliphatic rings. The molecule has 8 heteroatoms. The van der Waals surface area contributed by atoms with E-state index >= 15 is 0 Å². The van der Waals surface area contributed by atoms with E-state index in [0.717, 1.165) is 17.9 Å². The highest BCUT2D eigenvalue weighted by atomic mass is 19.1. The summed E-state index contributed by atoms with van der Waals surface area (Å²) in [5.41, 5.74) is 2.17. The number of aromatic nitrogens is 6. The molecule has 0 amide bonds. The van der Waals surface area contributed by atoms with Crippen molar-refractivity contribution in [3.63, 3.8) is 0 Å². The zero-order chi connectivity index (χ0) is 15.5.